The van der Waals surface area contributed by atoms with Gasteiger partial charge in [0.25, 0.3) is 0 Å². The van der Waals surface area contributed by atoms with E-state index in [1.54, 1.807) is 5.57 Å². The maximum Gasteiger partial charge on any atom is 0.0624 e. The number of nitriles is 1. The van der Waals surface area contributed by atoms with E-state index in [4.69, 9.17) is 5.26 Å². The van der Waals surface area contributed by atoms with Gasteiger partial charge in [-0.1, -0.05) is 35.4 Å². The van der Waals surface area contributed by atoms with E-state index in [2.05, 4.69) is 40.8 Å². The molecule has 0 bridgehead atoms. The van der Waals surface area contributed by atoms with Crippen molar-refractivity contribution in [1.29, 1.82) is 5.26 Å². The average molecular weight is 296 g/mol. The second-order valence-electron chi connectivity index (χ2n) is 6.12. The Morgan fingerprint density at radius 2 is 2.35 bits per heavy atom. The normalized spacial score (nSPS) is 40.9. The van der Waals surface area contributed by atoms with Gasteiger partial charge in [-0.25, -0.2) is 0 Å². The zero-order chi connectivity index (χ0) is 12.5. The predicted molar refractivity (Wildman–Crippen MR) is 74.6 cm³/mol. The first-order valence-corrected chi connectivity index (χ1v) is 7.71. The molecule has 0 amide bonds. The molecule has 2 aliphatic rings. The molecule has 0 aliphatic heterocycles. The summed E-state index contributed by atoms with van der Waals surface area (Å²) < 4.78 is 0. The first-order chi connectivity index (χ1) is 8.13. The predicted octanol–water partition coefficient (Wildman–Crippen LogP) is 5.03. The standard InChI is InChI=1S/C15H22BrN/c1-11(7-9-17)13-5-6-14-12(10-16)4-3-8-15(13,14)2/h10-11,13-14H,3-8H2,1-2H3/t11-,13-,14?,15+/m1/s1. The Morgan fingerprint density at radius 3 is 3.00 bits per heavy atom. The summed E-state index contributed by atoms with van der Waals surface area (Å²) in [5, 5.41) is 8.91. The molecule has 0 N–H and O–H groups in total. The second kappa shape index (κ2) is 5.14. The third-order valence-electron chi connectivity index (χ3n) is 5.28. The Kier molecular flexibility index (Phi) is 3.98. The average Bonchev–Trinajstić information content (AvgIpc) is 2.66. The topological polar surface area (TPSA) is 23.8 Å². The quantitative estimate of drug-likeness (QED) is 0.701. The largest absolute Gasteiger partial charge is 0.198 e. The lowest BCUT2D eigenvalue weighted by Gasteiger charge is -2.44. The molecule has 2 heteroatoms. The number of nitrogens with zero attached hydrogens (tertiary/aromatic N) is 1. The van der Waals surface area contributed by atoms with Crippen LogP contribution in [0.4, 0.5) is 0 Å². The van der Waals surface area contributed by atoms with Crippen LogP contribution in [-0.4, -0.2) is 0 Å². The minimum Gasteiger partial charge on any atom is -0.198 e. The van der Waals surface area contributed by atoms with Gasteiger partial charge in [-0.15, -0.1) is 0 Å². The number of hydrogen-bond acceptors (Lipinski definition) is 1. The minimum atomic E-state index is 0.452. The molecule has 2 rings (SSSR count). The molecule has 2 fully saturated rings. The Hall–Kier alpha value is -0.290. The zero-order valence-electron chi connectivity index (χ0n) is 10.9. The number of halogens is 1. The van der Waals surface area contributed by atoms with Crippen LogP contribution in [0.25, 0.3) is 0 Å². The van der Waals surface area contributed by atoms with Crippen molar-refractivity contribution in [2.24, 2.45) is 23.2 Å². The number of hydrogen-bond donors (Lipinski definition) is 0. The van der Waals surface area contributed by atoms with Gasteiger partial charge in [0.15, 0.2) is 0 Å². The highest BCUT2D eigenvalue weighted by molar-refractivity contribution is 9.11. The third kappa shape index (κ3) is 2.19. The van der Waals surface area contributed by atoms with Crippen molar-refractivity contribution in [3.05, 3.63) is 10.6 Å². The third-order valence-corrected chi connectivity index (χ3v) is 5.87. The van der Waals surface area contributed by atoms with Gasteiger partial charge in [0, 0.05) is 6.42 Å². The fourth-order valence-electron chi connectivity index (χ4n) is 4.43. The van der Waals surface area contributed by atoms with Gasteiger partial charge in [0.2, 0.25) is 0 Å². The molecule has 0 heterocycles. The van der Waals surface area contributed by atoms with Crippen molar-refractivity contribution in [2.75, 3.05) is 0 Å². The van der Waals surface area contributed by atoms with E-state index in [9.17, 15) is 0 Å². The Balaban J connectivity index is 2.21. The summed E-state index contributed by atoms with van der Waals surface area (Å²) >= 11 is 3.54. The van der Waals surface area contributed by atoms with Gasteiger partial charge in [-0.05, 0) is 60.3 Å². The number of fused-ring (bicyclic) bond motifs is 1. The molecule has 1 nitrogen and oxygen atoms in total. The molecule has 17 heavy (non-hydrogen) atoms. The van der Waals surface area contributed by atoms with E-state index >= 15 is 0 Å². The molecule has 0 radical (unpaired) electrons. The van der Waals surface area contributed by atoms with Crippen LogP contribution in [0.15, 0.2) is 10.6 Å². The monoisotopic (exact) mass is 295 g/mol. The molecule has 0 spiro atoms. The maximum atomic E-state index is 8.91. The van der Waals surface area contributed by atoms with Crippen molar-refractivity contribution >= 4 is 15.9 Å². The van der Waals surface area contributed by atoms with Crippen molar-refractivity contribution in [1.82, 2.24) is 0 Å². The fraction of sp³-hybridized carbons (Fsp3) is 0.800. The van der Waals surface area contributed by atoms with Crippen LogP contribution >= 0.6 is 15.9 Å². The maximum absolute atomic E-state index is 8.91. The van der Waals surface area contributed by atoms with Crippen molar-refractivity contribution in [3.8, 4) is 6.07 Å². The molecule has 1 unspecified atom stereocenters. The molecule has 0 aromatic carbocycles. The summed E-state index contributed by atoms with van der Waals surface area (Å²) in [6, 6.07) is 2.36. The van der Waals surface area contributed by atoms with Gasteiger partial charge in [-0.2, -0.15) is 5.26 Å². The summed E-state index contributed by atoms with van der Waals surface area (Å²) in [4.78, 5) is 2.17. The van der Waals surface area contributed by atoms with E-state index in [-0.39, 0.29) is 0 Å². The van der Waals surface area contributed by atoms with Crippen LogP contribution in [0.3, 0.4) is 0 Å². The molecular weight excluding hydrogens is 274 g/mol. The van der Waals surface area contributed by atoms with Crippen molar-refractivity contribution < 1.29 is 0 Å². The van der Waals surface area contributed by atoms with Gasteiger partial charge in [0.05, 0.1) is 6.07 Å². The van der Waals surface area contributed by atoms with Crippen LogP contribution in [0.5, 0.6) is 0 Å². The van der Waals surface area contributed by atoms with Crippen LogP contribution in [0.2, 0.25) is 0 Å². The van der Waals surface area contributed by atoms with Crippen LogP contribution in [0.1, 0.15) is 52.4 Å². The Labute approximate surface area is 113 Å². The molecule has 94 valence electrons. The summed E-state index contributed by atoms with van der Waals surface area (Å²) in [6.07, 6.45) is 7.30. The van der Waals surface area contributed by atoms with E-state index in [1.165, 1.54) is 32.1 Å². The molecule has 0 saturated heterocycles. The summed E-state index contributed by atoms with van der Waals surface area (Å²) in [6.45, 7) is 4.74. The summed E-state index contributed by atoms with van der Waals surface area (Å²) in [5.41, 5.74) is 2.07. The van der Waals surface area contributed by atoms with E-state index < -0.39 is 0 Å². The van der Waals surface area contributed by atoms with Crippen molar-refractivity contribution in [2.45, 2.75) is 52.4 Å². The Bertz CT molecular complexity index is 354. The van der Waals surface area contributed by atoms with Crippen LogP contribution in [0, 0.1) is 34.5 Å². The van der Waals surface area contributed by atoms with E-state index in [0.717, 1.165) is 18.3 Å². The molecule has 0 aromatic rings. The minimum absolute atomic E-state index is 0.452. The highest BCUT2D eigenvalue weighted by Gasteiger charge is 2.50. The fourth-order valence-corrected chi connectivity index (χ4v) is 4.98. The molecule has 2 saturated carbocycles. The molecule has 0 aromatic heterocycles. The molecular formula is C15H22BrN. The highest BCUT2D eigenvalue weighted by Crippen LogP contribution is 2.59. The van der Waals surface area contributed by atoms with E-state index in [0.29, 0.717) is 11.3 Å². The van der Waals surface area contributed by atoms with E-state index in [1.807, 2.05) is 0 Å². The van der Waals surface area contributed by atoms with Gasteiger partial charge in [-0.3, -0.25) is 0 Å². The Morgan fingerprint density at radius 1 is 1.59 bits per heavy atom. The van der Waals surface area contributed by atoms with Crippen LogP contribution in [-0.2, 0) is 0 Å². The summed E-state index contributed by atoms with van der Waals surface area (Å²) in [7, 11) is 0. The lowest BCUT2D eigenvalue weighted by molar-refractivity contribution is 0.0993. The first kappa shape index (κ1) is 13.1. The molecule has 4 atom stereocenters. The number of allylic oxidation sites excluding steroid dienone is 1. The molecule has 2 aliphatic carbocycles. The SMILES string of the molecule is C[C@H](CC#N)[C@H]1CCC2C(=CBr)CCC[C@]21C. The first-order valence-electron chi connectivity index (χ1n) is 6.79. The summed E-state index contributed by atoms with van der Waals surface area (Å²) in [5.74, 6) is 2.07. The van der Waals surface area contributed by atoms with Gasteiger partial charge in [0.1, 0.15) is 0 Å². The van der Waals surface area contributed by atoms with Gasteiger partial charge < -0.3 is 0 Å². The van der Waals surface area contributed by atoms with Crippen LogP contribution < -0.4 is 0 Å². The zero-order valence-corrected chi connectivity index (χ0v) is 12.5. The van der Waals surface area contributed by atoms with Gasteiger partial charge >= 0.3 is 0 Å². The number of rotatable bonds is 2. The van der Waals surface area contributed by atoms with Crippen molar-refractivity contribution in [3.63, 3.8) is 0 Å². The smallest absolute Gasteiger partial charge is 0.0624 e. The lowest BCUT2D eigenvalue weighted by atomic mass is 9.61. The lowest BCUT2D eigenvalue weighted by Crippen LogP contribution is -2.35. The highest BCUT2D eigenvalue weighted by atomic mass is 79.9. The second-order valence-corrected chi connectivity index (χ2v) is 6.58.